The summed E-state index contributed by atoms with van der Waals surface area (Å²) in [6, 6.07) is 7.98. The first-order valence-electron chi connectivity index (χ1n) is 9.02. The molecule has 0 aliphatic carbocycles. The summed E-state index contributed by atoms with van der Waals surface area (Å²) in [4.78, 5) is 12.7. The van der Waals surface area contributed by atoms with Crippen LogP contribution in [0, 0.1) is 19.3 Å². The van der Waals surface area contributed by atoms with E-state index in [4.69, 9.17) is 4.74 Å². The quantitative estimate of drug-likeness (QED) is 0.821. The molecule has 1 aliphatic heterocycles. The molecule has 1 aliphatic rings. The first-order chi connectivity index (χ1) is 12.5. The SMILES string of the molecule is COCC1(CNC(=O)c2nnn(-c3ccc(C)cc3)c2C)CCNCC1. The zero-order valence-corrected chi connectivity index (χ0v) is 15.7. The highest BCUT2D eigenvalue weighted by Gasteiger charge is 2.33. The third kappa shape index (κ3) is 3.94. The van der Waals surface area contributed by atoms with Crippen molar-refractivity contribution >= 4 is 5.91 Å². The molecule has 2 heterocycles. The van der Waals surface area contributed by atoms with Crippen molar-refractivity contribution in [3.63, 3.8) is 0 Å². The van der Waals surface area contributed by atoms with Crippen molar-refractivity contribution in [2.45, 2.75) is 26.7 Å². The molecule has 1 saturated heterocycles. The maximum Gasteiger partial charge on any atom is 0.273 e. The van der Waals surface area contributed by atoms with Gasteiger partial charge in [0, 0.05) is 19.1 Å². The van der Waals surface area contributed by atoms with Gasteiger partial charge in [0.25, 0.3) is 5.91 Å². The van der Waals surface area contributed by atoms with Crippen LogP contribution in [0.2, 0.25) is 0 Å². The summed E-state index contributed by atoms with van der Waals surface area (Å²) in [6.07, 6.45) is 1.96. The van der Waals surface area contributed by atoms with Gasteiger partial charge in [-0.05, 0) is 51.9 Å². The number of aromatic nitrogens is 3. The first kappa shape index (κ1) is 18.5. The van der Waals surface area contributed by atoms with Crippen molar-refractivity contribution in [3.8, 4) is 5.69 Å². The Morgan fingerprint density at radius 3 is 2.62 bits per heavy atom. The van der Waals surface area contributed by atoms with Crippen molar-refractivity contribution < 1.29 is 9.53 Å². The van der Waals surface area contributed by atoms with Crippen LogP contribution < -0.4 is 10.6 Å². The van der Waals surface area contributed by atoms with E-state index in [1.165, 1.54) is 5.56 Å². The van der Waals surface area contributed by atoms with Gasteiger partial charge in [0.05, 0.1) is 18.0 Å². The minimum Gasteiger partial charge on any atom is -0.384 e. The standard InChI is InChI=1S/C19H27N5O2/c1-14-4-6-16(7-5-14)24-15(2)17(22-23-24)18(25)21-12-19(13-26-3)8-10-20-11-9-19/h4-7,20H,8-13H2,1-3H3,(H,21,25). The normalized spacial score (nSPS) is 16.4. The maximum absolute atomic E-state index is 12.7. The van der Waals surface area contributed by atoms with Gasteiger partial charge < -0.3 is 15.4 Å². The van der Waals surface area contributed by atoms with Gasteiger partial charge in [-0.3, -0.25) is 4.79 Å². The number of rotatable bonds is 6. The number of benzene rings is 1. The molecule has 140 valence electrons. The highest BCUT2D eigenvalue weighted by atomic mass is 16.5. The van der Waals surface area contributed by atoms with Crippen LogP contribution in [0.25, 0.3) is 5.69 Å². The molecule has 0 spiro atoms. The second-order valence-corrected chi connectivity index (χ2v) is 7.14. The Morgan fingerprint density at radius 1 is 1.27 bits per heavy atom. The fourth-order valence-corrected chi connectivity index (χ4v) is 3.46. The van der Waals surface area contributed by atoms with Gasteiger partial charge in [-0.1, -0.05) is 22.9 Å². The summed E-state index contributed by atoms with van der Waals surface area (Å²) >= 11 is 0. The number of hydrogen-bond acceptors (Lipinski definition) is 5. The fourth-order valence-electron chi connectivity index (χ4n) is 3.46. The third-order valence-corrected chi connectivity index (χ3v) is 5.13. The molecule has 2 aromatic rings. The van der Waals surface area contributed by atoms with E-state index in [1.807, 2.05) is 38.1 Å². The number of carbonyl (C=O) groups excluding carboxylic acids is 1. The summed E-state index contributed by atoms with van der Waals surface area (Å²) in [7, 11) is 1.71. The highest BCUT2D eigenvalue weighted by Crippen LogP contribution is 2.28. The number of piperidine rings is 1. The fraction of sp³-hybridized carbons (Fsp3) is 0.526. The average molecular weight is 357 g/mol. The van der Waals surface area contributed by atoms with Crippen molar-refractivity contribution in [2.75, 3.05) is 33.4 Å². The number of amides is 1. The van der Waals surface area contributed by atoms with Gasteiger partial charge in [-0.25, -0.2) is 4.68 Å². The summed E-state index contributed by atoms with van der Waals surface area (Å²) in [6.45, 7) is 7.02. The van der Waals surface area contributed by atoms with Crippen LogP contribution >= 0.6 is 0 Å². The van der Waals surface area contributed by atoms with Crippen molar-refractivity contribution in [3.05, 3.63) is 41.2 Å². The molecule has 0 atom stereocenters. The maximum atomic E-state index is 12.7. The second kappa shape index (κ2) is 7.97. The van der Waals surface area contributed by atoms with E-state index in [-0.39, 0.29) is 11.3 Å². The monoisotopic (exact) mass is 357 g/mol. The molecule has 0 saturated carbocycles. The highest BCUT2D eigenvalue weighted by molar-refractivity contribution is 5.93. The zero-order valence-electron chi connectivity index (χ0n) is 15.7. The van der Waals surface area contributed by atoms with E-state index < -0.39 is 0 Å². The van der Waals surface area contributed by atoms with E-state index in [0.29, 0.717) is 18.8 Å². The number of nitrogens with zero attached hydrogens (tertiary/aromatic N) is 3. The molecule has 1 amide bonds. The number of aryl methyl sites for hydroxylation is 1. The second-order valence-electron chi connectivity index (χ2n) is 7.14. The third-order valence-electron chi connectivity index (χ3n) is 5.13. The molecule has 2 N–H and O–H groups in total. The molecule has 7 heteroatoms. The lowest BCUT2D eigenvalue weighted by Crippen LogP contribution is -2.47. The zero-order chi connectivity index (χ0) is 18.6. The molecule has 1 aromatic carbocycles. The Labute approximate surface area is 154 Å². The predicted molar refractivity (Wildman–Crippen MR) is 99.6 cm³/mol. The van der Waals surface area contributed by atoms with Crippen LogP contribution in [0.4, 0.5) is 0 Å². The van der Waals surface area contributed by atoms with Crippen LogP contribution in [0.1, 0.15) is 34.6 Å². The van der Waals surface area contributed by atoms with Crippen molar-refractivity contribution in [1.82, 2.24) is 25.6 Å². The van der Waals surface area contributed by atoms with Crippen LogP contribution in [0.15, 0.2) is 24.3 Å². The smallest absolute Gasteiger partial charge is 0.273 e. The predicted octanol–water partition coefficient (Wildman–Crippen LogP) is 1.63. The van der Waals surface area contributed by atoms with E-state index >= 15 is 0 Å². The summed E-state index contributed by atoms with van der Waals surface area (Å²) in [5.41, 5.74) is 3.16. The Morgan fingerprint density at radius 2 is 1.96 bits per heavy atom. The lowest BCUT2D eigenvalue weighted by atomic mass is 9.79. The van der Waals surface area contributed by atoms with Gasteiger partial charge in [0.2, 0.25) is 0 Å². The Balaban J connectivity index is 1.71. The average Bonchev–Trinajstić information content (AvgIpc) is 3.03. The van der Waals surface area contributed by atoms with Crippen LogP contribution in [-0.2, 0) is 4.74 Å². The number of hydrogen-bond donors (Lipinski definition) is 2. The summed E-state index contributed by atoms with van der Waals surface area (Å²) in [5, 5.41) is 14.7. The molecule has 1 fully saturated rings. The van der Waals surface area contributed by atoms with E-state index in [9.17, 15) is 4.79 Å². The van der Waals surface area contributed by atoms with Gasteiger partial charge in [-0.2, -0.15) is 0 Å². The molecule has 7 nitrogen and oxygen atoms in total. The summed E-state index contributed by atoms with van der Waals surface area (Å²) < 4.78 is 7.11. The van der Waals surface area contributed by atoms with E-state index in [1.54, 1.807) is 11.8 Å². The van der Waals surface area contributed by atoms with Gasteiger partial charge in [0.15, 0.2) is 5.69 Å². The number of methoxy groups -OCH3 is 1. The molecule has 0 unspecified atom stereocenters. The largest absolute Gasteiger partial charge is 0.384 e. The van der Waals surface area contributed by atoms with Crippen molar-refractivity contribution in [1.29, 1.82) is 0 Å². The molecule has 26 heavy (non-hydrogen) atoms. The van der Waals surface area contributed by atoms with Crippen LogP contribution in [0.3, 0.4) is 0 Å². The van der Waals surface area contributed by atoms with E-state index in [2.05, 4.69) is 20.9 Å². The van der Waals surface area contributed by atoms with E-state index in [0.717, 1.165) is 37.3 Å². The summed E-state index contributed by atoms with van der Waals surface area (Å²) in [5.74, 6) is -0.185. The molecular formula is C19H27N5O2. The molecule has 1 aromatic heterocycles. The molecule has 0 bridgehead atoms. The minimum absolute atomic E-state index is 0.0173. The topological polar surface area (TPSA) is 81.1 Å². The van der Waals surface area contributed by atoms with Gasteiger partial charge in [-0.15, -0.1) is 5.10 Å². The lowest BCUT2D eigenvalue weighted by Gasteiger charge is -2.37. The number of ether oxygens (including phenoxy) is 1. The lowest BCUT2D eigenvalue weighted by molar-refractivity contribution is 0.0510. The van der Waals surface area contributed by atoms with Crippen LogP contribution in [-0.4, -0.2) is 54.3 Å². The Kier molecular flexibility index (Phi) is 5.68. The van der Waals surface area contributed by atoms with Crippen molar-refractivity contribution in [2.24, 2.45) is 5.41 Å². The van der Waals surface area contributed by atoms with Crippen LogP contribution in [0.5, 0.6) is 0 Å². The minimum atomic E-state index is -0.185. The Hall–Kier alpha value is -2.25. The molecular weight excluding hydrogens is 330 g/mol. The number of nitrogens with one attached hydrogen (secondary N) is 2. The Bertz CT molecular complexity index is 742. The molecule has 3 rings (SSSR count). The van der Waals surface area contributed by atoms with Gasteiger partial charge in [0.1, 0.15) is 0 Å². The molecule has 0 radical (unpaired) electrons. The first-order valence-corrected chi connectivity index (χ1v) is 9.02. The van der Waals surface area contributed by atoms with Gasteiger partial charge >= 0.3 is 0 Å². The number of carbonyl (C=O) groups is 1.